The highest BCUT2D eigenvalue weighted by Crippen LogP contribution is 2.28. The summed E-state index contributed by atoms with van der Waals surface area (Å²) in [4.78, 5) is 4.31. The molecule has 2 nitrogen and oxygen atoms in total. The van der Waals surface area contributed by atoms with Crippen molar-refractivity contribution in [1.29, 1.82) is 0 Å². The van der Waals surface area contributed by atoms with Crippen LogP contribution in [-0.2, 0) is 0 Å². The van der Waals surface area contributed by atoms with E-state index in [4.69, 9.17) is 17.3 Å². The van der Waals surface area contributed by atoms with Crippen LogP contribution in [0.2, 0.25) is 5.02 Å². The largest absolute Gasteiger partial charge is 0.320 e. The van der Waals surface area contributed by atoms with Gasteiger partial charge in [0.15, 0.2) is 0 Å². The summed E-state index contributed by atoms with van der Waals surface area (Å²) in [5.74, 6) is 0. The number of hydrogen-bond acceptors (Lipinski definition) is 2. The summed E-state index contributed by atoms with van der Waals surface area (Å²) < 4.78 is 0.856. The molecule has 2 N–H and O–H groups in total. The smallest absolute Gasteiger partial charge is 0.0702 e. The van der Waals surface area contributed by atoms with Crippen LogP contribution in [-0.4, -0.2) is 4.98 Å². The van der Waals surface area contributed by atoms with Gasteiger partial charge in [-0.3, -0.25) is 4.98 Å². The van der Waals surface area contributed by atoms with Gasteiger partial charge < -0.3 is 5.73 Å². The van der Waals surface area contributed by atoms with Crippen molar-refractivity contribution in [2.75, 3.05) is 0 Å². The number of halogens is 2. The minimum atomic E-state index is -0.187. The molecule has 0 spiro atoms. The van der Waals surface area contributed by atoms with Gasteiger partial charge >= 0.3 is 0 Å². The van der Waals surface area contributed by atoms with Crippen LogP contribution < -0.4 is 5.73 Å². The van der Waals surface area contributed by atoms with Gasteiger partial charge in [-0.25, -0.2) is 0 Å². The van der Waals surface area contributed by atoms with Crippen LogP contribution in [0.15, 0.2) is 59.2 Å². The van der Waals surface area contributed by atoms with E-state index < -0.39 is 0 Å². The van der Waals surface area contributed by atoms with Gasteiger partial charge in [0.05, 0.1) is 16.6 Å². The van der Waals surface area contributed by atoms with Gasteiger partial charge in [0.2, 0.25) is 0 Å². The van der Waals surface area contributed by atoms with Crippen molar-refractivity contribution >= 4 is 38.4 Å². The molecule has 1 heterocycles. The Hall–Kier alpha value is -1.42. The predicted molar refractivity (Wildman–Crippen MR) is 86.9 cm³/mol. The first-order chi connectivity index (χ1) is 9.65. The molecular weight excluding hydrogens is 336 g/mol. The lowest BCUT2D eigenvalue weighted by molar-refractivity contribution is 0.872. The number of benzene rings is 2. The number of fused-ring (bicyclic) bond motifs is 1. The zero-order chi connectivity index (χ0) is 14.1. The van der Waals surface area contributed by atoms with E-state index in [1.807, 2.05) is 42.5 Å². The Morgan fingerprint density at radius 1 is 1.05 bits per heavy atom. The third-order valence-electron chi connectivity index (χ3n) is 3.29. The highest BCUT2D eigenvalue weighted by Gasteiger charge is 2.11. The summed E-state index contributed by atoms with van der Waals surface area (Å²) in [6.45, 7) is 0. The van der Waals surface area contributed by atoms with Crippen molar-refractivity contribution in [1.82, 2.24) is 4.98 Å². The van der Waals surface area contributed by atoms with Crippen LogP contribution in [0.25, 0.3) is 10.9 Å². The molecule has 100 valence electrons. The topological polar surface area (TPSA) is 38.9 Å². The van der Waals surface area contributed by atoms with Crippen LogP contribution in [0, 0.1) is 0 Å². The van der Waals surface area contributed by atoms with Crippen LogP contribution in [0.5, 0.6) is 0 Å². The molecule has 0 saturated carbocycles. The van der Waals surface area contributed by atoms with E-state index >= 15 is 0 Å². The molecule has 0 aliphatic rings. The second-order valence-electron chi connectivity index (χ2n) is 4.61. The maximum Gasteiger partial charge on any atom is 0.0702 e. The van der Waals surface area contributed by atoms with E-state index in [9.17, 15) is 0 Å². The molecule has 3 aromatic rings. The molecule has 0 saturated heterocycles. The fraction of sp³-hybridized carbons (Fsp3) is 0.0625. The van der Waals surface area contributed by atoms with E-state index in [0.717, 1.165) is 26.5 Å². The lowest BCUT2D eigenvalue weighted by atomic mass is 9.98. The maximum absolute atomic E-state index is 6.34. The standard InChI is InChI=1S/C16H12BrClN2/c17-13-9-12(3-5-14(13)18)16(19)11-4-6-15-10(8-11)2-1-7-20-15/h1-9,16H,19H2. The van der Waals surface area contributed by atoms with Gasteiger partial charge in [-0.1, -0.05) is 29.8 Å². The second kappa shape index (κ2) is 5.52. The predicted octanol–water partition coefficient (Wildman–Crippen LogP) is 4.70. The molecule has 0 bridgehead atoms. The minimum Gasteiger partial charge on any atom is -0.320 e. The minimum absolute atomic E-state index is 0.187. The molecule has 0 amide bonds. The molecule has 1 atom stereocenters. The average Bonchev–Trinajstić information content (AvgIpc) is 2.49. The first-order valence-electron chi connectivity index (χ1n) is 6.20. The Bertz CT molecular complexity index is 773. The molecule has 1 aromatic heterocycles. The van der Waals surface area contributed by atoms with Crippen LogP contribution in [0.1, 0.15) is 17.2 Å². The van der Waals surface area contributed by atoms with E-state index in [1.54, 1.807) is 6.20 Å². The molecule has 2 aromatic carbocycles. The second-order valence-corrected chi connectivity index (χ2v) is 5.87. The van der Waals surface area contributed by atoms with Crippen molar-refractivity contribution in [3.05, 3.63) is 75.4 Å². The van der Waals surface area contributed by atoms with Crippen LogP contribution in [0.4, 0.5) is 0 Å². The summed E-state index contributed by atoms with van der Waals surface area (Å²) in [5.41, 5.74) is 9.39. The third-order valence-corrected chi connectivity index (χ3v) is 4.50. The average molecular weight is 348 g/mol. The van der Waals surface area contributed by atoms with Crippen molar-refractivity contribution in [2.45, 2.75) is 6.04 Å². The van der Waals surface area contributed by atoms with Gasteiger partial charge in [0, 0.05) is 16.1 Å². The quantitative estimate of drug-likeness (QED) is 0.730. The molecule has 20 heavy (non-hydrogen) atoms. The van der Waals surface area contributed by atoms with E-state index in [1.165, 1.54) is 0 Å². The number of aromatic nitrogens is 1. The summed E-state index contributed by atoms with van der Waals surface area (Å²) in [6, 6.07) is 15.6. The van der Waals surface area contributed by atoms with E-state index in [0.29, 0.717) is 5.02 Å². The summed E-state index contributed by atoms with van der Waals surface area (Å²) in [7, 11) is 0. The zero-order valence-electron chi connectivity index (χ0n) is 10.6. The summed E-state index contributed by atoms with van der Waals surface area (Å²) in [5, 5.41) is 1.78. The van der Waals surface area contributed by atoms with Crippen LogP contribution >= 0.6 is 27.5 Å². The van der Waals surface area contributed by atoms with Crippen molar-refractivity contribution in [3.8, 4) is 0 Å². The molecule has 3 rings (SSSR count). The Morgan fingerprint density at radius 2 is 1.80 bits per heavy atom. The Morgan fingerprint density at radius 3 is 2.60 bits per heavy atom. The number of hydrogen-bond donors (Lipinski definition) is 1. The zero-order valence-corrected chi connectivity index (χ0v) is 12.9. The number of nitrogens with two attached hydrogens (primary N) is 1. The van der Waals surface area contributed by atoms with Crippen molar-refractivity contribution < 1.29 is 0 Å². The van der Waals surface area contributed by atoms with Gasteiger partial charge in [-0.2, -0.15) is 0 Å². The number of nitrogens with zero attached hydrogens (tertiary/aromatic N) is 1. The fourth-order valence-corrected chi connectivity index (χ4v) is 2.70. The lowest BCUT2D eigenvalue weighted by Gasteiger charge is -2.14. The van der Waals surface area contributed by atoms with E-state index in [2.05, 4.69) is 27.0 Å². The molecule has 0 aliphatic heterocycles. The highest BCUT2D eigenvalue weighted by molar-refractivity contribution is 9.10. The van der Waals surface area contributed by atoms with Crippen molar-refractivity contribution in [2.24, 2.45) is 5.73 Å². The normalized spacial score (nSPS) is 12.6. The van der Waals surface area contributed by atoms with Crippen LogP contribution in [0.3, 0.4) is 0 Å². The third kappa shape index (κ3) is 2.57. The first-order valence-corrected chi connectivity index (χ1v) is 7.37. The molecule has 0 aliphatic carbocycles. The Kier molecular flexibility index (Phi) is 3.74. The Balaban J connectivity index is 2.02. The van der Waals surface area contributed by atoms with Gasteiger partial charge in [-0.15, -0.1) is 0 Å². The highest BCUT2D eigenvalue weighted by atomic mass is 79.9. The van der Waals surface area contributed by atoms with Gasteiger partial charge in [0.1, 0.15) is 0 Å². The van der Waals surface area contributed by atoms with E-state index in [-0.39, 0.29) is 6.04 Å². The number of rotatable bonds is 2. The molecule has 4 heteroatoms. The molecule has 0 radical (unpaired) electrons. The summed E-state index contributed by atoms with van der Waals surface area (Å²) in [6.07, 6.45) is 1.79. The monoisotopic (exact) mass is 346 g/mol. The number of pyridine rings is 1. The SMILES string of the molecule is NC(c1ccc(Cl)c(Br)c1)c1ccc2ncccc2c1. The first kappa shape index (κ1) is 13.6. The van der Waals surface area contributed by atoms with Crippen molar-refractivity contribution in [3.63, 3.8) is 0 Å². The lowest BCUT2D eigenvalue weighted by Crippen LogP contribution is -2.11. The molecule has 0 fully saturated rings. The maximum atomic E-state index is 6.34. The van der Waals surface area contributed by atoms with Gasteiger partial charge in [0.25, 0.3) is 0 Å². The molecular formula is C16H12BrClN2. The van der Waals surface area contributed by atoms with Gasteiger partial charge in [-0.05, 0) is 57.4 Å². The fourth-order valence-electron chi connectivity index (χ4n) is 2.19. The summed E-state index contributed by atoms with van der Waals surface area (Å²) >= 11 is 9.44. The Labute approximate surface area is 130 Å². The molecule has 1 unspecified atom stereocenters.